The molecule has 102 valence electrons. The van der Waals surface area contributed by atoms with Crippen molar-refractivity contribution in [3.63, 3.8) is 0 Å². The summed E-state index contributed by atoms with van der Waals surface area (Å²) in [5.41, 5.74) is 0.955. The summed E-state index contributed by atoms with van der Waals surface area (Å²) in [5.74, 6) is 0.952. The quantitative estimate of drug-likeness (QED) is 0.907. The molecule has 0 amide bonds. The molecule has 0 spiro atoms. The molecule has 0 aliphatic rings. The van der Waals surface area contributed by atoms with Crippen molar-refractivity contribution in [1.29, 1.82) is 0 Å². The molecule has 1 unspecified atom stereocenters. The number of halogens is 2. The van der Waals surface area contributed by atoms with Gasteiger partial charge in [0.05, 0.1) is 16.1 Å². The Kier molecular flexibility index (Phi) is 4.86. The topological polar surface area (TPSA) is 29.9 Å². The van der Waals surface area contributed by atoms with Crippen LogP contribution in [0.2, 0.25) is 10.0 Å². The highest BCUT2D eigenvalue weighted by Gasteiger charge is 2.21. The van der Waals surface area contributed by atoms with Crippen molar-refractivity contribution in [1.82, 2.24) is 14.9 Å². The molecule has 1 aromatic heterocycles. The van der Waals surface area contributed by atoms with Crippen LogP contribution in [-0.4, -0.2) is 16.1 Å². The molecule has 0 aliphatic carbocycles. The van der Waals surface area contributed by atoms with E-state index in [4.69, 9.17) is 23.2 Å². The minimum atomic E-state index is -0.0499. The lowest BCUT2D eigenvalue weighted by molar-refractivity contribution is 0.559. The fraction of sp³-hybridized carbons (Fsp3) is 0.357. The van der Waals surface area contributed by atoms with Gasteiger partial charge in [-0.3, -0.25) is 0 Å². The Morgan fingerprint density at radius 1 is 1.32 bits per heavy atom. The average molecular weight is 298 g/mol. The number of aromatic nitrogens is 2. The Balaban J connectivity index is 2.48. The number of benzene rings is 1. The molecule has 0 bridgehead atoms. The summed E-state index contributed by atoms with van der Waals surface area (Å²) in [4.78, 5) is 4.45. The molecule has 1 aromatic carbocycles. The van der Waals surface area contributed by atoms with Crippen LogP contribution < -0.4 is 5.32 Å². The van der Waals surface area contributed by atoms with Gasteiger partial charge in [0.15, 0.2) is 0 Å². The van der Waals surface area contributed by atoms with E-state index >= 15 is 0 Å². The standard InChI is InChI=1S/C14H17Cl2N3/c1-3-17-13(14-18-8-9-19(14)4-2)10-6-5-7-11(15)12(10)16/h5-9,13,17H,3-4H2,1-2H3. The van der Waals surface area contributed by atoms with E-state index in [9.17, 15) is 0 Å². The number of rotatable bonds is 5. The highest BCUT2D eigenvalue weighted by atomic mass is 35.5. The molecule has 0 saturated heterocycles. The molecule has 1 heterocycles. The fourth-order valence-corrected chi connectivity index (χ4v) is 2.55. The second kappa shape index (κ2) is 6.42. The summed E-state index contributed by atoms with van der Waals surface area (Å²) in [5, 5.41) is 4.57. The van der Waals surface area contributed by atoms with Gasteiger partial charge in [-0.05, 0) is 25.1 Å². The summed E-state index contributed by atoms with van der Waals surface area (Å²) in [6, 6.07) is 5.64. The summed E-state index contributed by atoms with van der Waals surface area (Å²) < 4.78 is 2.10. The first-order valence-electron chi connectivity index (χ1n) is 6.37. The lowest BCUT2D eigenvalue weighted by Crippen LogP contribution is -2.25. The Labute approximate surface area is 123 Å². The van der Waals surface area contributed by atoms with Crippen LogP contribution in [0.25, 0.3) is 0 Å². The van der Waals surface area contributed by atoms with Gasteiger partial charge >= 0.3 is 0 Å². The fourth-order valence-electron chi connectivity index (χ4n) is 2.14. The molecule has 3 nitrogen and oxygen atoms in total. The van der Waals surface area contributed by atoms with Crippen LogP contribution in [-0.2, 0) is 6.54 Å². The van der Waals surface area contributed by atoms with Crippen molar-refractivity contribution in [3.05, 3.63) is 52.0 Å². The van der Waals surface area contributed by atoms with Crippen LogP contribution in [0, 0.1) is 0 Å². The number of imidazole rings is 1. The number of hydrogen-bond acceptors (Lipinski definition) is 2. The molecular formula is C14H17Cl2N3. The molecular weight excluding hydrogens is 281 g/mol. The van der Waals surface area contributed by atoms with Gasteiger partial charge in [-0.2, -0.15) is 0 Å². The van der Waals surface area contributed by atoms with E-state index in [0.29, 0.717) is 10.0 Å². The normalized spacial score (nSPS) is 12.6. The van der Waals surface area contributed by atoms with Crippen molar-refractivity contribution < 1.29 is 0 Å². The monoisotopic (exact) mass is 297 g/mol. The van der Waals surface area contributed by atoms with E-state index in [1.165, 1.54) is 0 Å². The summed E-state index contributed by atoms with van der Waals surface area (Å²) >= 11 is 12.4. The lowest BCUT2D eigenvalue weighted by Gasteiger charge is -2.20. The Morgan fingerprint density at radius 3 is 2.79 bits per heavy atom. The minimum absolute atomic E-state index is 0.0499. The summed E-state index contributed by atoms with van der Waals surface area (Å²) in [6.45, 7) is 5.85. The van der Waals surface area contributed by atoms with E-state index in [1.54, 1.807) is 6.07 Å². The van der Waals surface area contributed by atoms with Gasteiger partial charge in [-0.15, -0.1) is 0 Å². The van der Waals surface area contributed by atoms with Gasteiger partial charge in [0, 0.05) is 18.9 Å². The molecule has 2 aromatic rings. The summed E-state index contributed by atoms with van der Waals surface area (Å²) in [6.07, 6.45) is 3.78. The van der Waals surface area contributed by atoms with Crippen LogP contribution in [0.5, 0.6) is 0 Å². The summed E-state index contributed by atoms with van der Waals surface area (Å²) in [7, 11) is 0. The molecule has 2 rings (SSSR count). The first kappa shape index (κ1) is 14.4. The maximum atomic E-state index is 6.33. The van der Waals surface area contributed by atoms with Crippen molar-refractivity contribution >= 4 is 23.2 Å². The van der Waals surface area contributed by atoms with Crippen molar-refractivity contribution in [2.45, 2.75) is 26.4 Å². The van der Waals surface area contributed by atoms with E-state index < -0.39 is 0 Å². The predicted molar refractivity (Wildman–Crippen MR) is 79.9 cm³/mol. The maximum Gasteiger partial charge on any atom is 0.130 e. The zero-order chi connectivity index (χ0) is 13.8. The van der Waals surface area contributed by atoms with Gasteiger partial charge < -0.3 is 9.88 Å². The Bertz CT molecular complexity index is 551. The van der Waals surface area contributed by atoms with Gasteiger partial charge in [0.1, 0.15) is 5.82 Å². The van der Waals surface area contributed by atoms with Crippen molar-refractivity contribution in [3.8, 4) is 0 Å². The third-order valence-electron chi connectivity index (χ3n) is 3.05. The zero-order valence-corrected chi connectivity index (χ0v) is 12.5. The molecule has 1 N–H and O–H groups in total. The minimum Gasteiger partial charge on any atom is -0.334 e. The predicted octanol–water partition coefficient (Wildman–Crippen LogP) is 3.91. The number of hydrogen-bond donors (Lipinski definition) is 1. The molecule has 5 heteroatoms. The van der Waals surface area contributed by atoms with Crippen LogP contribution in [0.3, 0.4) is 0 Å². The highest BCUT2D eigenvalue weighted by Crippen LogP contribution is 2.32. The van der Waals surface area contributed by atoms with E-state index in [2.05, 4.69) is 28.7 Å². The molecule has 19 heavy (non-hydrogen) atoms. The Hall–Kier alpha value is -1.03. The third-order valence-corrected chi connectivity index (χ3v) is 3.88. The van der Waals surface area contributed by atoms with Crippen LogP contribution in [0.4, 0.5) is 0 Å². The smallest absolute Gasteiger partial charge is 0.130 e. The first-order valence-corrected chi connectivity index (χ1v) is 7.12. The van der Waals surface area contributed by atoms with Crippen LogP contribution in [0.15, 0.2) is 30.6 Å². The number of nitrogens with zero attached hydrogens (tertiary/aromatic N) is 2. The van der Waals surface area contributed by atoms with Gasteiger partial charge in [0.2, 0.25) is 0 Å². The first-order chi connectivity index (χ1) is 9.19. The number of nitrogens with one attached hydrogen (secondary N) is 1. The second-order valence-corrected chi connectivity index (χ2v) is 4.99. The highest BCUT2D eigenvalue weighted by molar-refractivity contribution is 6.42. The van der Waals surface area contributed by atoms with Gasteiger partial charge in [0.25, 0.3) is 0 Å². The molecule has 0 radical (unpaired) electrons. The molecule has 0 aliphatic heterocycles. The van der Waals surface area contributed by atoms with Crippen LogP contribution >= 0.6 is 23.2 Å². The third kappa shape index (κ3) is 2.94. The van der Waals surface area contributed by atoms with Crippen molar-refractivity contribution in [2.24, 2.45) is 0 Å². The van der Waals surface area contributed by atoms with E-state index in [0.717, 1.165) is 24.5 Å². The lowest BCUT2D eigenvalue weighted by atomic mass is 10.1. The zero-order valence-electron chi connectivity index (χ0n) is 11.0. The van der Waals surface area contributed by atoms with Crippen LogP contribution in [0.1, 0.15) is 31.3 Å². The van der Waals surface area contributed by atoms with Gasteiger partial charge in [-0.25, -0.2) is 4.98 Å². The van der Waals surface area contributed by atoms with Gasteiger partial charge in [-0.1, -0.05) is 42.3 Å². The largest absolute Gasteiger partial charge is 0.334 e. The molecule has 0 saturated carbocycles. The molecule has 0 fully saturated rings. The SMILES string of the molecule is CCNC(c1cccc(Cl)c1Cl)c1nccn1CC. The number of aryl methyl sites for hydroxylation is 1. The van der Waals surface area contributed by atoms with Crippen molar-refractivity contribution in [2.75, 3.05) is 6.54 Å². The second-order valence-electron chi connectivity index (χ2n) is 4.21. The van der Waals surface area contributed by atoms with E-state index in [-0.39, 0.29) is 6.04 Å². The Morgan fingerprint density at radius 2 is 2.11 bits per heavy atom. The average Bonchev–Trinajstić information content (AvgIpc) is 2.88. The molecule has 1 atom stereocenters. The van der Waals surface area contributed by atoms with E-state index in [1.807, 2.05) is 24.5 Å². The maximum absolute atomic E-state index is 6.33.